The van der Waals surface area contributed by atoms with Gasteiger partial charge in [-0.1, -0.05) is 12.8 Å². The Bertz CT molecular complexity index is 884. The standard InChI is InChI=1S/C20H21F2N3O3S/c21-14-7-13(8-15(22)10-14)19(27)23-11-18(26)24-25-20(28)17-9-12-5-3-1-2-4-6-16(12)29-17/h7-10H,1-6,11H2,(H,23,27)(H,24,26)(H,25,28). The van der Waals surface area contributed by atoms with Gasteiger partial charge in [0.15, 0.2) is 0 Å². The molecule has 29 heavy (non-hydrogen) atoms. The molecule has 1 aliphatic rings. The zero-order valence-corrected chi connectivity index (χ0v) is 16.5. The number of halogens is 2. The molecule has 0 spiro atoms. The molecule has 2 aromatic rings. The van der Waals surface area contributed by atoms with Crippen molar-refractivity contribution in [2.45, 2.75) is 38.5 Å². The molecule has 0 aliphatic heterocycles. The van der Waals surface area contributed by atoms with E-state index in [0.29, 0.717) is 10.9 Å². The summed E-state index contributed by atoms with van der Waals surface area (Å²) < 4.78 is 26.3. The number of hydrogen-bond acceptors (Lipinski definition) is 4. The van der Waals surface area contributed by atoms with Gasteiger partial charge in [0.05, 0.1) is 11.4 Å². The normalized spacial score (nSPS) is 13.6. The van der Waals surface area contributed by atoms with Gasteiger partial charge in [0, 0.05) is 16.5 Å². The van der Waals surface area contributed by atoms with Gasteiger partial charge in [-0.3, -0.25) is 25.2 Å². The van der Waals surface area contributed by atoms with Crippen LogP contribution in [-0.4, -0.2) is 24.3 Å². The Labute approximate surface area is 170 Å². The Balaban J connectivity index is 1.48. The van der Waals surface area contributed by atoms with E-state index >= 15 is 0 Å². The second-order valence-corrected chi connectivity index (χ2v) is 7.95. The van der Waals surface area contributed by atoms with Gasteiger partial charge in [-0.2, -0.15) is 0 Å². The highest BCUT2D eigenvalue weighted by Gasteiger charge is 2.17. The first-order valence-corrected chi connectivity index (χ1v) is 10.2. The maximum absolute atomic E-state index is 13.1. The lowest BCUT2D eigenvalue weighted by atomic mass is 10.00. The largest absolute Gasteiger partial charge is 0.343 e. The van der Waals surface area contributed by atoms with Crippen LogP contribution in [0.1, 0.15) is 56.2 Å². The third-order valence-corrected chi connectivity index (χ3v) is 5.81. The third kappa shape index (κ3) is 5.83. The lowest BCUT2D eigenvalue weighted by Gasteiger charge is -2.08. The van der Waals surface area contributed by atoms with E-state index in [4.69, 9.17) is 0 Å². The van der Waals surface area contributed by atoms with Crippen molar-refractivity contribution < 1.29 is 23.2 Å². The molecule has 3 rings (SSSR count). The fourth-order valence-corrected chi connectivity index (χ4v) is 4.28. The molecule has 0 radical (unpaired) electrons. The molecule has 0 atom stereocenters. The molecule has 154 valence electrons. The van der Waals surface area contributed by atoms with Gasteiger partial charge in [-0.15, -0.1) is 11.3 Å². The second-order valence-electron chi connectivity index (χ2n) is 6.82. The van der Waals surface area contributed by atoms with Crippen LogP contribution in [0, 0.1) is 11.6 Å². The predicted octanol–water partition coefficient (Wildman–Crippen LogP) is 2.88. The summed E-state index contributed by atoms with van der Waals surface area (Å²) in [7, 11) is 0. The number of thiophene rings is 1. The number of hydrogen-bond donors (Lipinski definition) is 3. The Hall–Kier alpha value is -2.81. The maximum atomic E-state index is 13.1. The van der Waals surface area contributed by atoms with Crippen LogP contribution in [-0.2, 0) is 17.6 Å². The van der Waals surface area contributed by atoms with Crippen LogP contribution in [0.4, 0.5) is 8.78 Å². The van der Waals surface area contributed by atoms with Gasteiger partial charge < -0.3 is 5.32 Å². The van der Waals surface area contributed by atoms with Gasteiger partial charge in [0.1, 0.15) is 11.6 Å². The quantitative estimate of drug-likeness (QED) is 0.664. The van der Waals surface area contributed by atoms with Crippen LogP contribution in [0.15, 0.2) is 24.3 Å². The van der Waals surface area contributed by atoms with Crippen molar-refractivity contribution in [1.29, 1.82) is 0 Å². The molecule has 0 unspecified atom stereocenters. The van der Waals surface area contributed by atoms with E-state index in [2.05, 4.69) is 16.2 Å². The van der Waals surface area contributed by atoms with E-state index in [1.165, 1.54) is 34.6 Å². The predicted molar refractivity (Wildman–Crippen MR) is 104 cm³/mol. The minimum Gasteiger partial charge on any atom is -0.343 e. The lowest BCUT2D eigenvalue weighted by molar-refractivity contribution is -0.120. The van der Waals surface area contributed by atoms with E-state index in [-0.39, 0.29) is 5.56 Å². The van der Waals surface area contributed by atoms with Crippen molar-refractivity contribution >= 4 is 29.1 Å². The number of benzene rings is 1. The highest BCUT2D eigenvalue weighted by Crippen LogP contribution is 2.28. The van der Waals surface area contributed by atoms with Gasteiger partial charge in [0.2, 0.25) is 0 Å². The fourth-order valence-electron chi connectivity index (χ4n) is 3.14. The van der Waals surface area contributed by atoms with Crippen molar-refractivity contribution in [3.05, 3.63) is 56.8 Å². The monoisotopic (exact) mass is 421 g/mol. The van der Waals surface area contributed by atoms with Crippen LogP contribution < -0.4 is 16.2 Å². The van der Waals surface area contributed by atoms with Crippen LogP contribution in [0.2, 0.25) is 0 Å². The average molecular weight is 421 g/mol. The van der Waals surface area contributed by atoms with E-state index in [0.717, 1.165) is 37.8 Å². The summed E-state index contributed by atoms with van der Waals surface area (Å²) in [5.41, 5.74) is 5.50. The van der Waals surface area contributed by atoms with Gasteiger partial charge in [-0.05, 0) is 49.4 Å². The molecule has 1 heterocycles. The van der Waals surface area contributed by atoms with Crippen LogP contribution in [0.3, 0.4) is 0 Å². The fraction of sp³-hybridized carbons (Fsp3) is 0.350. The maximum Gasteiger partial charge on any atom is 0.279 e. The Morgan fingerprint density at radius 3 is 2.28 bits per heavy atom. The molecular formula is C20H21F2N3O3S. The van der Waals surface area contributed by atoms with Crippen molar-refractivity contribution in [2.24, 2.45) is 0 Å². The SMILES string of the molecule is O=C(CNC(=O)c1cc(F)cc(F)c1)NNC(=O)c1cc2c(s1)CCCCCC2. The van der Waals surface area contributed by atoms with E-state index < -0.39 is 35.9 Å². The minimum absolute atomic E-state index is 0.240. The summed E-state index contributed by atoms with van der Waals surface area (Å²) in [6.07, 6.45) is 6.53. The van der Waals surface area contributed by atoms with Gasteiger partial charge in [-0.25, -0.2) is 8.78 Å². The van der Waals surface area contributed by atoms with Crippen molar-refractivity contribution in [3.63, 3.8) is 0 Å². The highest BCUT2D eigenvalue weighted by molar-refractivity contribution is 7.14. The van der Waals surface area contributed by atoms with Crippen molar-refractivity contribution in [3.8, 4) is 0 Å². The molecule has 1 aliphatic carbocycles. The van der Waals surface area contributed by atoms with Gasteiger partial charge >= 0.3 is 0 Å². The molecule has 3 amide bonds. The summed E-state index contributed by atoms with van der Waals surface area (Å²) >= 11 is 1.43. The summed E-state index contributed by atoms with van der Waals surface area (Å²) in [6, 6.07) is 4.24. The molecule has 0 fully saturated rings. The zero-order valence-electron chi connectivity index (χ0n) is 15.6. The third-order valence-electron chi connectivity index (χ3n) is 4.57. The van der Waals surface area contributed by atoms with E-state index in [9.17, 15) is 23.2 Å². The van der Waals surface area contributed by atoms with Crippen LogP contribution in [0.5, 0.6) is 0 Å². The average Bonchev–Trinajstić information content (AvgIpc) is 3.05. The van der Waals surface area contributed by atoms with Crippen LogP contribution >= 0.6 is 11.3 Å². The molecule has 6 nitrogen and oxygen atoms in total. The molecular weight excluding hydrogens is 400 g/mol. The first kappa shape index (κ1) is 20.9. The number of aryl methyl sites for hydroxylation is 2. The molecule has 3 N–H and O–H groups in total. The Morgan fingerprint density at radius 2 is 1.55 bits per heavy atom. The smallest absolute Gasteiger partial charge is 0.279 e. The summed E-state index contributed by atoms with van der Waals surface area (Å²) in [6.45, 7) is -0.460. The first-order valence-electron chi connectivity index (χ1n) is 9.37. The molecule has 9 heteroatoms. The van der Waals surface area contributed by atoms with Crippen molar-refractivity contribution in [2.75, 3.05) is 6.54 Å². The van der Waals surface area contributed by atoms with Crippen LogP contribution in [0.25, 0.3) is 0 Å². The molecule has 1 aromatic heterocycles. The van der Waals surface area contributed by atoms with E-state index in [1.54, 1.807) is 0 Å². The number of carbonyl (C=O) groups excluding carboxylic acids is 3. The molecule has 0 bridgehead atoms. The van der Waals surface area contributed by atoms with E-state index in [1.807, 2.05) is 6.07 Å². The number of fused-ring (bicyclic) bond motifs is 1. The topological polar surface area (TPSA) is 87.3 Å². The summed E-state index contributed by atoms with van der Waals surface area (Å²) in [5, 5.41) is 2.24. The van der Waals surface area contributed by atoms with Gasteiger partial charge in [0.25, 0.3) is 17.7 Å². The second kappa shape index (κ2) is 9.60. The Morgan fingerprint density at radius 1 is 0.862 bits per heavy atom. The number of hydrazine groups is 1. The number of amides is 3. The number of nitrogens with one attached hydrogen (secondary N) is 3. The number of rotatable bonds is 4. The molecule has 1 aromatic carbocycles. The summed E-state index contributed by atoms with van der Waals surface area (Å²) in [4.78, 5) is 37.8. The first-order chi connectivity index (χ1) is 13.9. The van der Waals surface area contributed by atoms with Crippen molar-refractivity contribution in [1.82, 2.24) is 16.2 Å². The lowest BCUT2D eigenvalue weighted by Crippen LogP contribution is -2.46. The molecule has 0 saturated carbocycles. The molecule has 0 saturated heterocycles. The Kier molecular flexibility index (Phi) is 6.92. The number of carbonyl (C=O) groups is 3. The zero-order chi connectivity index (χ0) is 20.8. The minimum atomic E-state index is -0.892. The summed E-state index contributed by atoms with van der Waals surface area (Å²) in [5.74, 6) is -3.68. The highest BCUT2D eigenvalue weighted by atomic mass is 32.1.